The van der Waals surface area contributed by atoms with E-state index >= 15 is 4.57 Å². The first-order chi connectivity index (χ1) is 18.4. The van der Waals surface area contributed by atoms with Gasteiger partial charge in [0.15, 0.2) is 14.3 Å². The predicted molar refractivity (Wildman–Crippen MR) is 161 cm³/mol. The van der Waals surface area contributed by atoms with E-state index in [1.54, 1.807) is 0 Å². The van der Waals surface area contributed by atoms with E-state index in [4.69, 9.17) is 4.74 Å². The molecule has 0 aliphatic carbocycles. The van der Waals surface area contributed by atoms with Crippen molar-refractivity contribution >= 4 is 40.8 Å². The molecular formula is C33H30O3P2. The molecule has 0 spiro atoms. The first-order valence-electron chi connectivity index (χ1n) is 12.6. The second-order valence-corrected chi connectivity index (χ2v) is 14.9. The van der Waals surface area contributed by atoms with Crippen molar-refractivity contribution in [3.05, 3.63) is 145 Å². The lowest BCUT2D eigenvalue weighted by Gasteiger charge is -2.25. The minimum absolute atomic E-state index is 0.0418. The predicted octanol–water partition coefficient (Wildman–Crippen LogP) is 6.29. The normalized spacial score (nSPS) is 11.7. The summed E-state index contributed by atoms with van der Waals surface area (Å²) in [6.45, 7) is 4.03. The second-order valence-electron chi connectivity index (χ2n) is 9.43. The van der Waals surface area contributed by atoms with Crippen molar-refractivity contribution in [2.24, 2.45) is 0 Å². The summed E-state index contributed by atoms with van der Waals surface area (Å²) in [5.41, 5.74) is 2.20. The van der Waals surface area contributed by atoms with E-state index in [2.05, 4.69) is 0 Å². The first kappa shape index (κ1) is 26.0. The van der Waals surface area contributed by atoms with Crippen LogP contribution in [-0.2, 0) is 9.13 Å². The van der Waals surface area contributed by atoms with Gasteiger partial charge in [-0.3, -0.25) is 0 Å². The van der Waals surface area contributed by atoms with Gasteiger partial charge in [0.1, 0.15) is 12.1 Å². The SMILES string of the molecule is Cc1ccc(P(=O)(c2ccc(C)cc2)c2ccccc2OCP(=O)(c2ccccc2)c2ccccc2)cc1. The lowest BCUT2D eigenvalue weighted by atomic mass is 10.2. The van der Waals surface area contributed by atoms with Crippen LogP contribution in [0.15, 0.2) is 133 Å². The molecule has 0 saturated heterocycles. The molecule has 0 atom stereocenters. The van der Waals surface area contributed by atoms with Gasteiger partial charge >= 0.3 is 0 Å². The quantitative estimate of drug-likeness (QED) is 0.219. The summed E-state index contributed by atoms with van der Waals surface area (Å²) in [5.74, 6) is 0.476. The van der Waals surface area contributed by atoms with Gasteiger partial charge in [-0.15, -0.1) is 0 Å². The summed E-state index contributed by atoms with van der Waals surface area (Å²) in [6, 6.07) is 42.0. The van der Waals surface area contributed by atoms with Crippen molar-refractivity contribution < 1.29 is 13.9 Å². The topological polar surface area (TPSA) is 43.4 Å². The number of para-hydroxylation sites is 1. The average Bonchev–Trinajstić information content (AvgIpc) is 2.97. The molecule has 5 aromatic carbocycles. The summed E-state index contributed by atoms with van der Waals surface area (Å²) in [5, 5.41) is 3.52. The zero-order valence-corrected chi connectivity index (χ0v) is 23.3. The number of benzene rings is 5. The van der Waals surface area contributed by atoms with Gasteiger partial charge in [-0.2, -0.15) is 0 Å². The van der Waals surface area contributed by atoms with Crippen molar-refractivity contribution in [2.75, 3.05) is 6.35 Å². The molecular weight excluding hydrogens is 506 g/mol. The number of hydrogen-bond acceptors (Lipinski definition) is 3. The lowest BCUT2D eigenvalue weighted by molar-refractivity contribution is 0.382. The molecule has 0 fully saturated rings. The molecule has 190 valence electrons. The van der Waals surface area contributed by atoms with Crippen LogP contribution >= 0.6 is 14.3 Å². The monoisotopic (exact) mass is 536 g/mol. The molecule has 0 amide bonds. The van der Waals surface area contributed by atoms with Crippen LogP contribution in [-0.4, -0.2) is 6.35 Å². The van der Waals surface area contributed by atoms with Crippen molar-refractivity contribution in [3.63, 3.8) is 0 Å². The van der Waals surface area contributed by atoms with Gasteiger partial charge in [0.25, 0.3) is 0 Å². The Labute approximate surface area is 224 Å². The number of aryl methyl sites for hydroxylation is 2. The Kier molecular flexibility index (Phi) is 7.52. The highest BCUT2D eigenvalue weighted by Gasteiger charge is 2.34. The summed E-state index contributed by atoms with van der Waals surface area (Å²) >= 11 is 0. The Bertz CT molecular complexity index is 1520. The molecule has 5 aromatic rings. The van der Waals surface area contributed by atoms with Gasteiger partial charge in [-0.1, -0.05) is 132 Å². The average molecular weight is 537 g/mol. The van der Waals surface area contributed by atoms with Gasteiger partial charge in [0.05, 0.1) is 5.30 Å². The lowest BCUT2D eigenvalue weighted by Crippen LogP contribution is -2.27. The third-order valence-electron chi connectivity index (χ3n) is 6.75. The standard InChI is InChI=1S/C33H30O3P2/c1-26-17-21-30(22-18-26)38(35,31-23-19-27(2)20-24-31)33-16-10-9-15-32(33)36-25-37(34,28-11-5-3-6-12-28)29-13-7-4-8-14-29/h3-24H,25H2,1-2H3. The van der Waals surface area contributed by atoms with Crippen molar-refractivity contribution in [1.82, 2.24) is 0 Å². The molecule has 0 aromatic heterocycles. The zero-order chi connectivity index (χ0) is 26.6. The Morgan fingerprint density at radius 2 is 0.921 bits per heavy atom. The third kappa shape index (κ3) is 5.05. The fraction of sp³-hybridized carbons (Fsp3) is 0.0909. The molecule has 38 heavy (non-hydrogen) atoms. The van der Waals surface area contributed by atoms with E-state index in [-0.39, 0.29) is 6.35 Å². The molecule has 0 heterocycles. The van der Waals surface area contributed by atoms with Crippen LogP contribution in [0.2, 0.25) is 0 Å². The van der Waals surface area contributed by atoms with E-state index in [0.717, 1.165) is 32.3 Å². The number of rotatable bonds is 8. The molecule has 0 unspecified atom stereocenters. The highest BCUT2D eigenvalue weighted by molar-refractivity contribution is 7.85. The summed E-state index contributed by atoms with van der Waals surface area (Å²) in [6.07, 6.45) is -0.0418. The Morgan fingerprint density at radius 1 is 0.500 bits per heavy atom. The van der Waals surface area contributed by atoms with Crippen LogP contribution < -0.4 is 31.3 Å². The molecule has 3 nitrogen and oxygen atoms in total. The van der Waals surface area contributed by atoms with Crippen LogP contribution in [0.4, 0.5) is 0 Å². The zero-order valence-electron chi connectivity index (χ0n) is 21.5. The maximum atomic E-state index is 15.2. The Balaban J connectivity index is 1.61. The van der Waals surface area contributed by atoms with Crippen LogP contribution in [0.5, 0.6) is 5.75 Å². The van der Waals surface area contributed by atoms with Crippen molar-refractivity contribution in [3.8, 4) is 5.75 Å². The highest BCUT2D eigenvalue weighted by atomic mass is 31.2. The van der Waals surface area contributed by atoms with Crippen molar-refractivity contribution in [1.29, 1.82) is 0 Å². The molecule has 0 radical (unpaired) electrons. The van der Waals surface area contributed by atoms with E-state index in [1.807, 2.05) is 147 Å². The van der Waals surface area contributed by atoms with Crippen LogP contribution in [0.25, 0.3) is 0 Å². The van der Waals surface area contributed by atoms with Crippen LogP contribution in [0, 0.1) is 13.8 Å². The van der Waals surface area contributed by atoms with Gasteiger partial charge < -0.3 is 13.9 Å². The molecule has 5 heteroatoms. The first-order valence-corrected chi connectivity index (χ1v) is 16.2. The Morgan fingerprint density at radius 3 is 1.39 bits per heavy atom. The smallest absolute Gasteiger partial charge is 0.178 e. The molecule has 0 aliphatic rings. The summed E-state index contributed by atoms with van der Waals surface area (Å²) < 4.78 is 36.2. The van der Waals surface area contributed by atoms with Gasteiger partial charge in [0, 0.05) is 21.2 Å². The van der Waals surface area contributed by atoms with Gasteiger partial charge in [-0.05, 0) is 26.0 Å². The third-order valence-corrected chi connectivity index (χ3v) is 12.6. The molecule has 0 saturated carbocycles. The molecule has 5 rings (SSSR count). The molecule has 0 bridgehead atoms. The van der Waals surface area contributed by atoms with E-state index in [0.29, 0.717) is 11.1 Å². The van der Waals surface area contributed by atoms with Crippen LogP contribution in [0.3, 0.4) is 0 Å². The van der Waals surface area contributed by atoms with Gasteiger partial charge in [-0.25, -0.2) is 0 Å². The second kappa shape index (κ2) is 11.0. The highest BCUT2D eigenvalue weighted by Crippen LogP contribution is 2.47. The fourth-order valence-electron chi connectivity index (χ4n) is 4.57. The summed E-state index contributed by atoms with van der Waals surface area (Å²) in [4.78, 5) is 0. The van der Waals surface area contributed by atoms with E-state index in [1.165, 1.54) is 0 Å². The minimum atomic E-state index is -3.29. The van der Waals surface area contributed by atoms with E-state index < -0.39 is 14.3 Å². The largest absolute Gasteiger partial charge is 0.484 e. The van der Waals surface area contributed by atoms with Crippen LogP contribution in [0.1, 0.15) is 11.1 Å². The van der Waals surface area contributed by atoms with E-state index in [9.17, 15) is 4.57 Å². The maximum absolute atomic E-state index is 15.2. The maximum Gasteiger partial charge on any atom is 0.178 e. The number of hydrogen-bond donors (Lipinski definition) is 0. The molecule has 0 N–H and O–H groups in total. The molecule has 0 aliphatic heterocycles. The van der Waals surface area contributed by atoms with Gasteiger partial charge in [0.2, 0.25) is 0 Å². The minimum Gasteiger partial charge on any atom is -0.484 e. The van der Waals surface area contributed by atoms with Crippen molar-refractivity contribution in [2.45, 2.75) is 13.8 Å². The number of ether oxygens (including phenoxy) is 1. The summed E-state index contributed by atoms with van der Waals surface area (Å²) in [7, 11) is -6.42. The fourth-order valence-corrected chi connectivity index (χ4v) is 9.53. The Hall–Kier alpha value is -3.64.